The van der Waals surface area contributed by atoms with Crippen LogP contribution in [0.2, 0.25) is 5.02 Å². The van der Waals surface area contributed by atoms with E-state index < -0.39 is 4.92 Å². The molecule has 20 heavy (non-hydrogen) atoms. The van der Waals surface area contributed by atoms with Crippen LogP contribution >= 0.6 is 11.6 Å². The van der Waals surface area contributed by atoms with E-state index in [1.54, 1.807) is 25.1 Å². The molecule has 2 aromatic carbocycles. The second kappa shape index (κ2) is 5.66. The predicted octanol–water partition coefficient (Wildman–Crippen LogP) is 4.68. The molecule has 0 heterocycles. The number of aryl methyl sites for hydroxylation is 1. The molecule has 0 radical (unpaired) electrons. The first-order chi connectivity index (χ1) is 9.49. The maximum absolute atomic E-state index is 10.8. The van der Waals surface area contributed by atoms with Crippen LogP contribution in [0.25, 0.3) is 0 Å². The summed E-state index contributed by atoms with van der Waals surface area (Å²) in [5.41, 5.74) is 0.904. The lowest BCUT2D eigenvalue weighted by Crippen LogP contribution is -1.87. The van der Waals surface area contributed by atoms with E-state index in [1.165, 1.54) is 18.2 Å². The van der Waals surface area contributed by atoms with Gasteiger partial charge in [-0.2, -0.15) is 0 Å². The van der Waals surface area contributed by atoms with Crippen LogP contribution in [0.3, 0.4) is 0 Å². The highest BCUT2D eigenvalue weighted by Gasteiger charge is 2.12. The highest BCUT2D eigenvalue weighted by molar-refractivity contribution is 6.32. The van der Waals surface area contributed by atoms with E-state index in [9.17, 15) is 15.2 Å². The summed E-state index contributed by atoms with van der Waals surface area (Å²) in [5, 5.41) is 28.4. The molecule has 0 saturated heterocycles. The van der Waals surface area contributed by atoms with Crippen LogP contribution in [0.5, 0.6) is 5.75 Å². The second-order valence-electron chi connectivity index (χ2n) is 4.06. The number of phenolic OH excluding ortho intramolecular Hbond substituents is 1. The Labute approximate surface area is 119 Å². The van der Waals surface area contributed by atoms with Crippen LogP contribution in [0, 0.1) is 17.0 Å². The van der Waals surface area contributed by atoms with Crippen LogP contribution in [0.15, 0.2) is 46.6 Å². The number of rotatable bonds is 3. The first-order valence-corrected chi connectivity index (χ1v) is 6.01. The van der Waals surface area contributed by atoms with E-state index in [4.69, 9.17) is 11.6 Å². The summed E-state index contributed by atoms with van der Waals surface area (Å²) in [6.07, 6.45) is 0. The summed E-state index contributed by atoms with van der Waals surface area (Å²) in [7, 11) is 0. The molecule has 0 fully saturated rings. The van der Waals surface area contributed by atoms with E-state index in [0.29, 0.717) is 0 Å². The van der Waals surface area contributed by atoms with Crippen LogP contribution in [-0.4, -0.2) is 10.0 Å². The standard InChI is InChI=1S/C13H10ClN3O3/c1-8-6-9(14)13(18)11(7-8)16-15-10-4-2-3-5-12(10)17(19)20/h2-7,18H,1H3/b16-15+. The number of para-hydroxylation sites is 1. The Morgan fingerprint density at radius 2 is 1.85 bits per heavy atom. The Bertz CT molecular complexity index is 701. The summed E-state index contributed by atoms with van der Waals surface area (Å²) >= 11 is 5.82. The molecule has 102 valence electrons. The van der Waals surface area contributed by atoms with Gasteiger partial charge >= 0.3 is 0 Å². The number of nitro benzene ring substituents is 1. The van der Waals surface area contributed by atoms with Crippen molar-refractivity contribution in [3.05, 3.63) is 57.1 Å². The van der Waals surface area contributed by atoms with Crippen molar-refractivity contribution in [2.45, 2.75) is 6.92 Å². The number of nitro groups is 1. The highest BCUT2D eigenvalue weighted by Crippen LogP contribution is 2.37. The molecule has 6 nitrogen and oxygen atoms in total. The molecule has 7 heteroatoms. The van der Waals surface area contributed by atoms with Gasteiger partial charge in [0.05, 0.1) is 9.95 Å². The average molecular weight is 292 g/mol. The van der Waals surface area contributed by atoms with Crippen molar-refractivity contribution in [1.29, 1.82) is 0 Å². The number of phenols is 1. The molecule has 0 aliphatic carbocycles. The van der Waals surface area contributed by atoms with Crippen LogP contribution in [0.4, 0.5) is 17.1 Å². The molecule has 1 N–H and O–H groups in total. The highest BCUT2D eigenvalue weighted by atomic mass is 35.5. The number of hydrogen-bond donors (Lipinski definition) is 1. The maximum Gasteiger partial charge on any atom is 0.296 e. The van der Waals surface area contributed by atoms with Crippen molar-refractivity contribution in [3.8, 4) is 5.75 Å². The number of aromatic hydroxyl groups is 1. The lowest BCUT2D eigenvalue weighted by Gasteiger charge is -2.02. The predicted molar refractivity (Wildman–Crippen MR) is 75.1 cm³/mol. The minimum absolute atomic E-state index is 0.106. The fraction of sp³-hybridized carbons (Fsp3) is 0.0769. The van der Waals surface area contributed by atoms with Gasteiger partial charge in [-0.3, -0.25) is 10.1 Å². The van der Waals surface area contributed by atoms with Gasteiger partial charge in [-0.15, -0.1) is 10.2 Å². The second-order valence-corrected chi connectivity index (χ2v) is 4.47. The van der Waals surface area contributed by atoms with Crippen molar-refractivity contribution >= 4 is 28.7 Å². The molecular weight excluding hydrogens is 282 g/mol. The molecule has 0 aromatic heterocycles. The molecule has 2 aromatic rings. The Hall–Kier alpha value is -2.47. The maximum atomic E-state index is 10.8. The van der Waals surface area contributed by atoms with Gasteiger partial charge in [0, 0.05) is 6.07 Å². The number of hydrogen-bond acceptors (Lipinski definition) is 5. The summed E-state index contributed by atoms with van der Waals surface area (Å²) in [4.78, 5) is 10.3. The molecule has 0 saturated carbocycles. The van der Waals surface area contributed by atoms with Gasteiger partial charge in [-0.25, -0.2) is 0 Å². The first kappa shape index (κ1) is 14.0. The molecule has 0 amide bonds. The molecule has 0 spiro atoms. The fourth-order valence-corrected chi connectivity index (χ4v) is 1.87. The number of azo groups is 1. The lowest BCUT2D eigenvalue weighted by molar-refractivity contribution is -0.384. The van der Waals surface area contributed by atoms with E-state index in [1.807, 2.05) is 0 Å². The zero-order chi connectivity index (χ0) is 14.7. The van der Waals surface area contributed by atoms with E-state index in [-0.39, 0.29) is 27.8 Å². The van der Waals surface area contributed by atoms with Gasteiger partial charge in [-0.1, -0.05) is 23.7 Å². The van der Waals surface area contributed by atoms with Crippen molar-refractivity contribution in [1.82, 2.24) is 0 Å². The van der Waals surface area contributed by atoms with Gasteiger partial charge in [0.2, 0.25) is 0 Å². The minimum Gasteiger partial charge on any atom is -0.504 e. The van der Waals surface area contributed by atoms with Crippen molar-refractivity contribution in [2.24, 2.45) is 10.2 Å². The zero-order valence-electron chi connectivity index (χ0n) is 10.4. The van der Waals surface area contributed by atoms with E-state index >= 15 is 0 Å². The van der Waals surface area contributed by atoms with Crippen LogP contribution in [-0.2, 0) is 0 Å². The summed E-state index contributed by atoms with van der Waals surface area (Å²) in [6, 6.07) is 9.12. The number of benzene rings is 2. The van der Waals surface area contributed by atoms with Crippen LogP contribution < -0.4 is 0 Å². The fourth-order valence-electron chi connectivity index (χ4n) is 1.60. The molecule has 0 bridgehead atoms. The summed E-state index contributed by atoms with van der Waals surface area (Å²) < 4.78 is 0. The zero-order valence-corrected chi connectivity index (χ0v) is 11.2. The average Bonchev–Trinajstić information content (AvgIpc) is 2.41. The molecular formula is C13H10ClN3O3. The molecule has 0 atom stereocenters. The third kappa shape index (κ3) is 2.92. The third-order valence-electron chi connectivity index (χ3n) is 2.53. The normalized spacial score (nSPS) is 10.9. The number of halogens is 1. The molecule has 0 unspecified atom stereocenters. The smallest absolute Gasteiger partial charge is 0.296 e. The van der Waals surface area contributed by atoms with Gasteiger partial charge in [0.15, 0.2) is 11.4 Å². The van der Waals surface area contributed by atoms with Crippen LogP contribution in [0.1, 0.15) is 5.56 Å². The van der Waals surface area contributed by atoms with E-state index in [2.05, 4.69) is 10.2 Å². The quantitative estimate of drug-likeness (QED) is 0.506. The Morgan fingerprint density at radius 3 is 2.55 bits per heavy atom. The van der Waals surface area contributed by atoms with Gasteiger partial charge in [-0.05, 0) is 30.7 Å². The number of nitrogens with zero attached hydrogens (tertiary/aromatic N) is 3. The summed E-state index contributed by atoms with van der Waals surface area (Å²) in [6.45, 7) is 1.79. The largest absolute Gasteiger partial charge is 0.504 e. The van der Waals surface area contributed by atoms with Gasteiger partial charge in [0.1, 0.15) is 5.69 Å². The SMILES string of the molecule is Cc1cc(Cl)c(O)c(/N=N/c2ccccc2[N+](=O)[O-])c1. The summed E-state index contributed by atoms with van der Waals surface area (Å²) in [5.74, 6) is -0.209. The lowest BCUT2D eigenvalue weighted by atomic mass is 10.2. The van der Waals surface area contributed by atoms with Gasteiger partial charge in [0.25, 0.3) is 5.69 Å². The monoisotopic (exact) mass is 291 g/mol. The Balaban J connectivity index is 2.42. The Morgan fingerprint density at radius 1 is 1.20 bits per heavy atom. The molecule has 0 aliphatic rings. The molecule has 0 aliphatic heterocycles. The van der Waals surface area contributed by atoms with Crippen molar-refractivity contribution in [2.75, 3.05) is 0 Å². The third-order valence-corrected chi connectivity index (χ3v) is 2.82. The van der Waals surface area contributed by atoms with Gasteiger partial charge < -0.3 is 5.11 Å². The van der Waals surface area contributed by atoms with Crippen molar-refractivity contribution < 1.29 is 10.0 Å². The molecule has 2 rings (SSSR count). The first-order valence-electron chi connectivity index (χ1n) is 5.63. The minimum atomic E-state index is -0.544. The van der Waals surface area contributed by atoms with E-state index in [0.717, 1.165) is 5.56 Å². The van der Waals surface area contributed by atoms with Crippen molar-refractivity contribution in [3.63, 3.8) is 0 Å². The topological polar surface area (TPSA) is 88.1 Å². The Kier molecular flexibility index (Phi) is 3.95.